The molecule has 0 aliphatic carbocycles. The zero-order chi connectivity index (χ0) is 18.4. The van der Waals surface area contributed by atoms with Crippen LogP contribution in [0.1, 0.15) is 39.5 Å². The smallest absolute Gasteiger partial charge is 0.243 e. The maximum atomic E-state index is 11.7. The Morgan fingerprint density at radius 2 is 2.00 bits per heavy atom. The van der Waals surface area contributed by atoms with Gasteiger partial charge in [-0.3, -0.25) is 4.79 Å². The molecule has 0 bridgehead atoms. The van der Waals surface area contributed by atoms with Crippen molar-refractivity contribution in [2.24, 2.45) is 5.92 Å². The molecule has 2 heterocycles. The van der Waals surface area contributed by atoms with Gasteiger partial charge in [-0.25, -0.2) is 0 Å². The highest BCUT2D eigenvalue weighted by Crippen LogP contribution is 2.35. The molecule has 2 rings (SSSR count). The number of aliphatic hydroxyl groups is 3. The van der Waals surface area contributed by atoms with E-state index < -0.39 is 18.3 Å². The predicted octanol–water partition coefficient (Wildman–Crippen LogP) is 0.126. The van der Waals surface area contributed by atoms with E-state index in [4.69, 9.17) is 14.6 Å². The van der Waals surface area contributed by atoms with Gasteiger partial charge in [0, 0.05) is 25.1 Å². The number of aliphatic hydroxyl groups excluding tert-OH is 3. The van der Waals surface area contributed by atoms with E-state index in [9.17, 15) is 15.0 Å². The molecule has 7 nitrogen and oxygen atoms in total. The van der Waals surface area contributed by atoms with Gasteiger partial charge in [0.1, 0.15) is 6.10 Å². The summed E-state index contributed by atoms with van der Waals surface area (Å²) in [6, 6.07) is 0. The third kappa shape index (κ3) is 6.04. The first kappa shape index (κ1) is 20.3. The highest BCUT2D eigenvalue weighted by atomic mass is 16.6. The highest BCUT2D eigenvalue weighted by molar-refractivity contribution is 5.88. The molecule has 0 aromatic heterocycles. The van der Waals surface area contributed by atoms with Crippen LogP contribution in [0.2, 0.25) is 0 Å². The molecule has 2 aliphatic heterocycles. The van der Waals surface area contributed by atoms with Crippen molar-refractivity contribution in [2.75, 3.05) is 19.8 Å². The summed E-state index contributed by atoms with van der Waals surface area (Å²) in [5.74, 6) is -0.332. The van der Waals surface area contributed by atoms with Crippen LogP contribution in [0.4, 0.5) is 0 Å². The van der Waals surface area contributed by atoms with Crippen LogP contribution < -0.4 is 5.32 Å². The van der Waals surface area contributed by atoms with Crippen LogP contribution in [-0.2, 0) is 14.3 Å². The van der Waals surface area contributed by atoms with Gasteiger partial charge in [-0.05, 0) is 32.6 Å². The fourth-order valence-corrected chi connectivity index (χ4v) is 3.30. The first-order chi connectivity index (χ1) is 12.0. The van der Waals surface area contributed by atoms with Gasteiger partial charge in [-0.15, -0.1) is 0 Å². The molecule has 4 N–H and O–H groups in total. The number of carbonyl (C=O) groups excluding carboxylic acids is 1. The average molecular weight is 357 g/mol. The van der Waals surface area contributed by atoms with Gasteiger partial charge < -0.3 is 30.1 Å². The van der Waals surface area contributed by atoms with Crippen molar-refractivity contribution in [3.05, 3.63) is 11.6 Å². The van der Waals surface area contributed by atoms with Gasteiger partial charge >= 0.3 is 0 Å². The summed E-state index contributed by atoms with van der Waals surface area (Å²) in [5, 5.41) is 32.4. The molecule has 6 atom stereocenters. The summed E-state index contributed by atoms with van der Waals surface area (Å²) in [6.45, 7) is 4.88. The summed E-state index contributed by atoms with van der Waals surface area (Å²) >= 11 is 0. The van der Waals surface area contributed by atoms with Crippen LogP contribution in [0.3, 0.4) is 0 Å². The Labute approximate surface area is 149 Å². The van der Waals surface area contributed by atoms with Gasteiger partial charge in [0.15, 0.2) is 0 Å². The molecular formula is C18H31NO6. The van der Waals surface area contributed by atoms with E-state index in [2.05, 4.69) is 5.32 Å². The van der Waals surface area contributed by atoms with E-state index in [1.54, 1.807) is 0 Å². The maximum Gasteiger partial charge on any atom is 0.243 e. The van der Waals surface area contributed by atoms with Crippen molar-refractivity contribution in [3.8, 4) is 0 Å². The van der Waals surface area contributed by atoms with E-state index >= 15 is 0 Å². The van der Waals surface area contributed by atoms with Crippen molar-refractivity contribution >= 4 is 5.91 Å². The monoisotopic (exact) mass is 357 g/mol. The van der Waals surface area contributed by atoms with E-state index in [1.807, 2.05) is 13.8 Å². The number of hydrogen-bond acceptors (Lipinski definition) is 6. The molecule has 25 heavy (non-hydrogen) atoms. The normalized spacial score (nSPS) is 35.5. The fraction of sp³-hybridized carbons (Fsp3) is 0.833. The Bertz CT molecular complexity index is 468. The number of rotatable bonds is 9. The van der Waals surface area contributed by atoms with Crippen LogP contribution in [0.15, 0.2) is 11.6 Å². The number of amides is 1. The Kier molecular flexibility index (Phi) is 7.83. The number of ether oxygens (including phenoxy) is 2. The summed E-state index contributed by atoms with van der Waals surface area (Å²) in [5.41, 5.74) is 0.803. The van der Waals surface area contributed by atoms with Gasteiger partial charge in [0.2, 0.25) is 5.91 Å². The van der Waals surface area contributed by atoms with Gasteiger partial charge in [0.25, 0.3) is 0 Å². The molecule has 2 saturated heterocycles. The van der Waals surface area contributed by atoms with E-state index in [0.29, 0.717) is 32.4 Å². The Morgan fingerprint density at radius 1 is 1.24 bits per heavy atom. The first-order valence-corrected chi connectivity index (χ1v) is 9.15. The van der Waals surface area contributed by atoms with Crippen molar-refractivity contribution < 1.29 is 29.6 Å². The quantitative estimate of drug-likeness (QED) is 0.345. The van der Waals surface area contributed by atoms with Crippen LogP contribution in [0, 0.1) is 5.92 Å². The molecular weight excluding hydrogens is 326 g/mol. The van der Waals surface area contributed by atoms with Crippen molar-refractivity contribution in [1.29, 1.82) is 0 Å². The topological polar surface area (TPSA) is 112 Å². The summed E-state index contributed by atoms with van der Waals surface area (Å²) in [7, 11) is 0. The van der Waals surface area contributed by atoms with Crippen molar-refractivity contribution in [2.45, 2.75) is 70.1 Å². The predicted molar refractivity (Wildman–Crippen MR) is 91.9 cm³/mol. The molecule has 144 valence electrons. The highest BCUT2D eigenvalue weighted by Gasteiger charge is 2.45. The molecule has 2 aliphatic rings. The molecule has 0 saturated carbocycles. The second kappa shape index (κ2) is 9.64. The van der Waals surface area contributed by atoms with E-state index in [1.165, 1.54) is 6.08 Å². The molecule has 7 heteroatoms. The van der Waals surface area contributed by atoms with Crippen LogP contribution >= 0.6 is 0 Å². The van der Waals surface area contributed by atoms with Gasteiger partial charge in [-0.2, -0.15) is 0 Å². The number of hydrogen-bond donors (Lipinski definition) is 4. The fourth-order valence-electron chi connectivity index (χ4n) is 3.30. The molecule has 3 unspecified atom stereocenters. The van der Waals surface area contributed by atoms with E-state index in [-0.39, 0.29) is 30.6 Å². The molecule has 1 amide bonds. The molecule has 0 aromatic carbocycles. The summed E-state index contributed by atoms with van der Waals surface area (Å²) in [6.07, 6.45) is 1.71. The summed E-state index contributed by atoms with van der Waals surface area (Å²) < 4.78 is 11.2. The van der Waals surface area contributed by atoms with E-state index in [0.717, 1.165) is 12.0 Å². The molecule has 0 radical (unpaired) electrons. The molecule has 0 aromatic rings. The SMILES string of the molecule is CCCNC(=O)/C=C(\C)C[C@@H]1OC[C@H](C[C@@H]2OC2CCO)C(O)C1O. The molecule has 0 spiro atoms. The number of nitrogens with one attached hydrogen (secondary N) is 1. The Morgan fingerprint density at radius 3 is 2.68 bits per heavy atom. The third-order valence-electron chi connectivity index (χ3n) is 4.82. The lowest BCUT2D eigenvalue weighted by Gasteiger charge is -2.37. The largest absolute Gasteiger partial charge is 0.396 e. The van der Waals surface area contributed by atoms with Crippen LogP contribution in [0.5, 0.6) is 0 Å². The number of epoxide rings is 1. The number of carbonyl (C=O) groups is 1. The first-order valence-electron chi connectivity index (χ1n) is 9.15. The minimum atomic E-state index is -0.990. The standard InChI is InChI=1S/C18H31NO6/c1-3-5-19-16(21)8-11(2)7-15-18(23)17(22)12(10-24-15)9-14-13(25-14)4-6-20/h8,12-15,17-18,20,22-23H,3-7,9-10H2,1-2H3,(H,19,21)/b11-8+/t12-,13?,14-,15-,17?,18?/m0/s1. The second-order valence-corrected chi connectivity index (χ2v) is 7.06. The van der Waals surface area contributed by atoms with Crippen LogP contribution in [-0.4, -0.2) is 71.5 Å². The maximum absolute atomic E-state index is 11.7. The minimum Gasteiger partial charge on any atom is -0.396 e. The molecule has 2 fully saturated rings. The van der Waals surface area contributed by atoms with Crippen molar-refractivity contribution in [1.82, 2.24) is 5.32 Å². The summed E-state index contributed by atoms with van der Waals surface area (Å²) in [4.78, 5) is 11.7. The minimum absolute atomic E-state index is 0.0306. The van der Waals surface area contributed by atoms with Gasteiger partial charge in [0.05, 0.1) is 31.0 Å². The van der Waals surface area contributed by atoms with Gasteiger partial charge in [-0.1, -0.05) is 12.5 Å². The average Bonchev–Trinajstić information content (AvgIpc) is 3.30. The Hall–Kier alpha value is -0.990. The second-order valence-electron chi connectivity index (χ2n) is 7.06. The zero-order valence-corrected chi connectivity index (χ0v) is 15.1. The lowest BCUT2D eigenvalue weighted by molar-refractivity contribution is -0.165. The lowest BCUT2D eigenvalue weighted by Crippen LogP contribution is -2.50. The zero-order valence-electron chi connectivity index (χ0n) is 15.1. The van der Waals surface area contributed by atoms with Crippen LogP contribution in [0.25, 0.3) is 0 Å². The lowest BCUT2D eigenvalue weighted by atomic mass is 9.86. The Balaban J connectivity index is 1.79. The third-order valence-corrected chi connectivity index (χ3v) is 4.82. The van der Waals surface area contributed by atoms with Crippen molar-refractivity contribution in [3.63, 3.8) is 0 Å².